The van der Waals surface area contributed by atoms with E-state index in [1.807, 2.05) is 12.1 Å². The number of benzene rings is 2. The summed E-state index contributed by atoms with van der Waals surface area (Å²) in [6.45, 7) is 2.26. The van der Waals surface area contributed by atoms with Crippen LogP contribution >= 0.6 is 0 Å². The van der Waals surface area contributed by atoms with Gasteiger partial charge in [0.15, 0.2) is 0 Å². The van der Waals surface area contributed by atoms with E-state index in [2.05, 4.69) is 6.92 Å². The minimum atomic E-state index is -4.26. The summed E-state index contributed by atoms with van der Waals surface area (Å²) in [5.74, 6) is 0.709. The highest BCUT2D eigenvalue weighted by molar-refractivity contribution is 7.86. The molecule has 0 aliphatic heterocycles. The van der Waals surface area contributed by atoms with Gasteiger partial charge in [-0.3, -0.25) is 4.55 Å². The molecule has 0 heterocycles. The SMILES string of the molecule is CCCCCCCCCCCCCCc1ccc2c(S(=O)(=O)O)cccc2c1OC. The van der Waals surface area contributed by atoms with E-state index in [4.69, 9.17) is 4.74 Å². The molecule has 30 heavy (non-hydrogen) atoms. The molecule has 0 saturated carbocycles. The van der Waals surface area contributed by atoms with Crippen molar-refractivity contribution in [3.63, 3.8) is 0 Å². The van der Waals surface area contributed by atoms with Crippen molar-refractivity contribution in [1.29, 1.82) is 0 Å². The van der Waals surface area contributed by atoms with Crippen LogP contribution in [0.15, 0.2) is 35.2 Å². The molecule has 0 fully saturated rings. The number of unbranched alkanes of at least 4 members (excludes halogenated alkanes) is 11. The van der Waals surface area contributed by atoms with Crippen LogP contribution in [0.4, 0.5) is 0 Å². The van der Waals surface area contributed by atoms with Gasteiger partial charge < -0.3 is 4.74 Å². The fraction of sp³-hybridized carbons (Fsp3) is 0.600. The van der Waals surface area contributed by atoms with Gasteiger partial charge in [0.25, 0.3) is 10.1 Å². The fourth-order valence-corrected chi connectivity index (χ4v) is 4.87. The zero-order chi connectivity index (χ0) is 21.8. The zero-order valence-electron chi connectivity index (χ0n) is 18.7. The maximum Gasteiger partial charge on any atom is 0.295 e. The maximum atomic E-state index is 11.6. The molecule has 2 rings (SSSR count). The first kappa shape index (κ1) is 24.7. The molecule has 0 aliphatic rings. The molecule has 4 nitrogen and oxygen atoms in total. The normalized spacial score (nSPS) is 11.8. The van der Waals surface area contributed by atoms with Gasteiger partial charge in [0, 0.05) is 10.8 Å². The van der Waals surface area contributed by atoms with Gasteiger partial charge in [0.1, 0.15) is 10.6 Å². The van der Waals surface area contributed by atoms with E-state index in [1.54, 1.807) is 19.2 Å². The predicted octanol–water partition coefficient (Wildman–Crippen LogP) is 7.34. The first-order chi connectivity index (χ1) is 14.5. The van der Waals surface area contributed by atoms with Crippen molar-refractivity contribution in [1.82, 2.24) is 0 Å². The van der Waals surface area contributed by atoms with Crippen LogP contribution in [0, 0.1) is 0 Å². The van der Waals surface area contributed by atoms with Gasteiger partial charge in [-0.1, -0.05) is 102 Å². The molecule has 168 valence electrons. The summed E-state index contributed by atoms with van der Waals surface area (Å²) in [7, 11) is -2.65. The smallest absolute Gasteiger partial charge is 0.295 e. The Balaban J connectivity index is 1.78. The van der Waals surface area contributed by atoms with Crippen molar-refractivity contribution in [3.8, 4) is 5.75 Å². The van der Waals surface area contributed by atoms with Crippen LogP contribution < -0.4 is 4.74 Å². The number of methoxy groups -OCH3 is 1. The van der Waals surface area contributed by atoms with Crippen LogP contribution in [-0.2, 0) is 16.5 Å². The van der Waals surface area contributed by atoms with Crippen molar-refractivity contribution < 1.29 is 17.7 Å². The van der Waals surface area contributed by atoms with Crippen molar-refractivity contribution in [2.45, 2.75) is 95.3 Å². The summed E-state index contributed by atoms with van der Waals surface area (Å²) in [4.78, 5) is -0.0739. The van der Waals surface area contributed by atoms with Crippen LogP contribution in [0.3, 0.4) is 0 Å². The monoisotopic (exact) mass is 434 g/mol. The third-order valence-corrected chi connectivity index (χ3v) is 6.75. The van der Waals surface area contributed by atoms with Gasteiger partial charge in [-0.2, -0.15) is 8.42 Å². The Labute approximate surface area is 182 Å². The van der Waals surface area contributed by atoms with Gasteiger partial charge in [0.05, 0.1) is 7.11 Å². The molecule has 0 saturated heterocycles. The second-order valence-electron chi connectivity index (χ2n) is 8.22. The molecule has 0 amide bonds. The van der Waals surface area contributed by atoms with E-state index >= 15 is 0 Å². The molecule has 0 aliphatic carbocycles. The van der Waals surface area contributed by atoms with Gasteiger partial charge in [-0.15, -0.1) is 0 Å². The average molecular weight is 435 g/mol. The zero-order valence-corrected chi connectivity index (χ0v) is 19.5. The van der Waals surface area contributed by atoms with Crippen LogP contribution in [0.25, 0.3) is 10.8 Å². The van der Waals surface area contributed by atoms with Gasteiger partial charge in [0.2, 0.25) is 0 Å². The molecule has 0 atom stereocenters. The predicted molar refractivity (Wildman–Crippen MR) is 125 cm³/mol. The maximum absolute atomic E-state index is 11.6. The van der Waals surface area contributed by atoms with Gasteiger partial charge >= 0.3 is 0 Å². The third kappa shape index (κ3) is 7.59. The van der Waals surface area contributed by atoms with E-state index in [9.17, 15) is 13.0 Å². The highest BCUT2D eigenvalue weighted by atomic mass is 32.2. The number of hydrogen-bond donors (Lipinski definition) is 1. The lowest BCUT2D eigenvalue weighted by molar-refractivity contribution is 0.413. The van der Waals surface area contributed by atoms with Crippen molar-refractivity contribution in [2.75, 3.05) is 7.11 Å². The van der Waals surface area contributed by atoms with Crippen LogP contribution in [0.5, 0.6) is 5.75 Å². The summed E-state index contributed by atoms with van der Waals surface area (Å²) < 4.78 is 38.4. The summed E-state index contributed by atoms with van der Waals surface area (Å²) in [5.41, 5.74) is 1.09. The first-order valence-electron chi connectivity index (χ1n) is 11.5. The molecule has 0 unspecified atom stereocenters. The molecule has 2 aromatic rings. The largest absolute Gasteiger partial charge is 0.496 e. The summed E-state index contributed by atoms with van der Waals surface area (Å²) >= 11 is 0. The average Bonchev–Trinajstić information content (AvgIpc) is 2.73. The van der Waals surface area contributed by atoms with E-state index in [1.165, 1.54) is 76.7 Å². The second kappa shape index (κ2) is 13.0. The van der Waals surface area contributed by atoms with E-state index < -0.39 is 10.1 Å². The molecule has 2 aromatic carbocycles. The Morgan fingerprint density at radius 2 is 1.33 bits per heavy atom. The Hall–Kier alpha value is -1.59. The van der Waals surface area contributed by atoms with Crippen molar-refractivity contribution in [3.05, 3.63) is 35.9 Å². The number of rotatable bonds is 15. The number of fused-ring (bicyclic) bond motifs is 1. The van der Waals surface area contributed by atoms with Gasteiger partial charge in [-0.25, -0.2) is 0 Å². The lowest BCUT2D eigenvalue weighted by atomic mass is 9.99. The minimum absolute atomic E-state index is 0.0739. The van der Waals surface area contributed by atoms with E-state index in [0.29, 0.717) is 11.1 Å². The standard InChI is InChI=1S/C25H38O4S/c1-3-4-5-6-7-8-9-10-11-12-13-14-16-21-19-20-22-23(25(21)29-2)17-15-18-24(22)30(26,27)28/h15,17-20H,3-14,16H2,1-2H3,(H,26,27,28). The quantitative estimate of drug-likeness (QED) is 0.235. The molecule has 5 heteroatoms. The van der Waals surface area contributed by atoms with Crippen molar-refractivity contribution >= 4 is 20.9 Å². The van der Waals surface area contributed by atoms with Crippen LogP contribution in [-0.4, -0.2) is 20.1 Å². The third-order valence-electron chi connectivity index (χ3n) is 5.84. The Morgan fingerprint density at radius 3 is 1.87 bits per heavy atom. The number of hydrogen-bond acceptors (Lipinski definition) is 3. The molecule has 0 radical (unpaired) electrons. The summed E-state index contributed by atoms with van der Waals surface area (Å²) in [5, 5.41) is 1.22. The second-order valence-corrected chi connectivity index (χ2v) is 9.61. The first-order valence-corrected chi connectivity index (χ1v) is 13.0. The Morgan fingerprint density at radius 1 is 0.767 bits per heavy atom. The van der Waals surface area contributed by atoms with E-state index in [0.717, 1.165) is 23.8 Å². The highest BCUT2D eigenvalue weighted by Crippen LogP contribution is 2.34. The lowest BCUT2D eigenvalue weighted by Gasteiger charge is -2.13. The Bertz CT molecular complexity index is 874. The topological polar surface area (TPSA) is 63.6 Å². The molecule has 0 bridgehead atoms. The van der Waals surface area contributed by atoms with E-state index in [-0.39, 0.29) is 4.90 Å². The number of aryl methyl sites for hydroxylation is 1. The van der Waals surface area contributed by atoms with Gasteiger partial charge in [-0.05, 0) is 24.5 Å². The summed E-state index contributed by atoms with van der Waals surface area (Å²) in [6.07, 6.45) is 16.7. The minimum Gasteiger partial charge on any atom is -0.496 e. The van der Waals surface area contributed by atoms with Crippen LogP contribution in [0.1, 0.15) is 89.5 Å². The molecule has 0 aromatic heterocycles. The molecular weight excluding hydrogens is 396 g/mol. The number of ether oxygens (including phenoxy) is 1. The Kier molecular flexibility index (Phi) is 10.7. The molecular formula is C25H38O4S. The highest BCUT2D eigenvalue weighted by Gasteiger charge is 2.17. The van der Waals surface area contributed by atoms with Crippen LogP contribution in [0.2, 0.25) is 0 Å². The molecule has 1 N–H and O–H groups in total. The summed E-state index contributed by atoms with van der Waals surface area (Å²) in [6, 6.07) is 8.60. The fourth-order valence-electron chi connectivity index (χ4n) is 4.17. The molecule has 0 spiro atoms. The lowest BCUT2D eigenvalue weighted by Crippen LogP contribution is -2.01. The van der Waals surface area contributed by atoms with Crippen molar-refractivity contribution in [2.24, 2.45) is 0 Å².